The molecule has 2 aliphatic rings. The van der Waals surface area contributed by atoms with E-state index in [0.29, 0.717) is 6.42 Å². The highest BCUT2D eigenvalue weighted by Gasteiger charge is 2.41. The van der Waals surface area contributed by atoms with E-state index in [1.165, 1.54) is 26.0 Å². The van der Waals surface area contributed by atoms with Crippen molar-refractivity contribution in [3.63, 3.8) is 0 Å². The zero-order valence-corrected chi connectivity index (χ0v) is 20.2. The van der Waals surface area contributed by atoms with Gasteiger partial charge in [-0.2, -0.15) is 0 Å². The van der Waals surface area contributed by atoms with E-state index in [0.717, 1.165) is 41.8 Å². The number of likely N-dealkylation sites (N-methyl/N-ethyl adjacent to an activating group) is 1. The molecule has 0 spiro atoms. The molecular weight excluding hydrogens is 439 g/mol. The van der Waals surface area contributed by atoms with E-state index >= 15 is 8.78 Å². The summed E-state index contributed by atoms with van der Waals surface area (Å²) in [5, 5.41) is 1.04. The number of benzene rings is 2. The summed E-state index contributed by atoms with van der Waals surface area (Å²) >= 11 is 0. The number of hydrogen-bond acceptors (Lipinski definition) is 3. The molecule has 2 atom stereocenters. The quantitative estimate of drug-likeness (QED) is 0.507. The van der Waals surface area contributed by atoms with Crippen LogP contribution in [0, 0.1) is 11.6 Å². The monoisotopic (exact) mass is 471 g/mol. The highest BCUT2D eigenvalue weighted by molar-refractivity contribution is 5.85. The lowest BCUT2D eigenvalue weighted by Crippen LogP contribution is -2.53. The Balaban J connectivity index is 1.58. The number of likely N-dealkylation sites (tertiary alicyclic amines) is 1. The minimum Gasteiger partial charge on any atom is -0.488 e. The number of halogens is 3. The molecule has 7 heteroatoms. The molecule has 3 heterocycles. The van der Waals surface area contributed by atoms with Gasteiger partial charge in [-0.3, -0.25) is 9.80 Å². The fourth-order valence-corrected chi connectivity index (χ4v) is 5.44. The Labute approximate surface area is 198 Å². The molecule has 0 saturated carbocycles. The van der Waals surface area contributed by atoms with E-state index in [2.05, 4.69) is 16.8 Å². The summed E-state index contributed by atoms with van der Waals surface area (Å²) in [6, 6.07) is 9.54. The molecule has 1 fully saturated rings. The summed E-state index contributed by atoms with van der Waals surface area (Å²) in [6.07, 6.45) is 0.606. The smallest absolute Gasteiger partial charge is 0.135 e. The van der Waals surface area contributed by atoms with Gasteiger partial charge in [0, 0.05) is 60.0 Å². The molecule has 2 aromatic carbocycles. The van der Waals surface area contributed by atoms with E-state index in [4.69, 9.17) is 4.74 Å². The molecule has 0 radical (unpaired) electrons. The van der Waals surface area contributed by atoms with Crippen LogP contribution >= 0.6 is 0 Å². The number of hydrogen-bond donors (Lipinski definition) is 1. The second-order valence-corrected chi connectivity index (χ2v) is 10.3. The van der Waals surface area contributed by atoms with Crippen molar-refractivity contribution in [3.8, 4) is 5.75 Å². The Morgan fingerprint density at radius 1 is 1.12 bits per heavy atom. The normalized spacial score (nSPS) is 22.1. The largest absolute Gasteiger partial charge is 0.488 e. The lowest BCUT2D eigenvalue weighted by molar-refractivity contribution is 0.0233. The number of fused-ring (bicyclic) bond motifs is 3. The first-order chi connectivity index (χ1) is 16.1. The third-order valence-corrected chi connectivity index (χ3v) is 7.08. The van der Waals surface area contributed by atoms with E-state index < -0.39 is 23.3 Å². The van der Waals surface area contributed by atoms with Gasteiger partial charge in [-0.05, 0) is 45.4 Å². The molecule has 4 nitrogen and oxygen atoms in total. The molecule has 2 aliphatic heterocycles. The van der Waals surface area contributed by atoms with Crippen LogP contribution in [-0.4, -0.2) is 58.8 Å². The van der Waals surface area contributed by atoms with E-state index in [1.807, 2.05) is 36.1 Å². The average Bonchev–Trinajstić information content (AvgIpc) is 3.09. The lowest BCUT2D eigenvalue weighted by Gasteiger charge is -2.43. The second-order valence-electron chi connectivity index (χ2n) is 10.3. The van der Waals surface area contributed by atoms with Crippen LogP contribution in [0.4, 0.5) is 13.2 Å². The van der Waals surface area contributed by atoms with Gasteiger partial charge in [0.15, 0.2) is 0 Å². The molecule has 0 amide bonds. The van der Waals surface area contributed by atoms with Gasteiger partial charge in [0.2, 0.25) is 0 Å². The summed E-state index contributed by atoms with van der Waals surface area (Å²) in [7, 11) is 0. The standard InChI is InChI=1S/C27H32F3N3O/c1-5-32-13-18(14-32)34-17-11-21(28)24(22(29)12-17)26-25-20(19-8-6-7-9-23(19)31-25)10-16(2)33(26)15-27(3,4)30/h6-9,11-12,16,18,26,31H,5,10,13-15H2,1-4H3/t16-,26-/m1/s1. The molecule has 34 heavy (non-hydrogen) atoms. The predicted octanol–water partition coefficient (Wildman–Crippen LogP) is 5.61. The number of ether oxygens (including phenoxy) is 1. The molecule has 0 bridgehead atoms. The Morgan fingerprint density at radius 3 is 2.44 bits per heavy atom. The van der Waals surface area contributed by atoms with Crippen LogP contribution < -0.4 is 4.74 Å². The van der Waals surface area contributed by atoms with Gasteiger partial charge in [0.25, 0.3) is 0 Å². The first-order valence-electron chi connectivity index (χ1n) is 12.1. The lowest BCUT2D eigenvalue weighted by atomic mass is 9.87. The van der Waals surface area contributed by atoms with Crippen molar-refractivity contribution in [2.24, 2.45) is 0 Å². The van der Waals surface area contributed by atoms with Crippen LogP contribution in [0.15, 0.2) is 36.4 Å². The van der Waals surface area contributed by atoms with Crippen LogP contribution in [0.25, 0.3) is 10.9 Å². The fourth-order valence-electron chi connectivity index (χ4n) is 5.44. The molecular formula is C27H32F3N3O. The van der Waals surface area contributed by atoms with Gasteiger partial charge in [0.1, 0.15) is 29.2 Å². The summed E-state index contributed by atoms with van der Waals surface area (Å²) in [6.45, 7) is 9.54. The zero-order chi connectivity index (χ0) is 24.2. The van der Waals surface area contributed by atoms with Crippen LogP contribution in [0.5, 0.6) is 5.75 Å². The summed E-state index contributed by atoms with van der Waals surface area (Å²) in [5.74, 6) is -1.16. The van der Waals surface area contributed by atoms with Gasteiger partial charge in [-0.25, -0.2) is 13.2 Å². The van der Waals surface area contributed by atoms with Crippen molar-refractivity contribution in [2.75, 3.05) is 26.2 Å². The predicted molar refractivity (Wildman–Crippen MR) is 128 cm³/mol. The molecule has 1 saturated heterocycles. The maximum absolute atomic E-state index is 15.6. The highest BCUT2D eigenvalue weighted by Crippen LogP contribution is 2.43. The third kappa shape index (κ3) is 4.20. The molecule has 0 unspecified atom stereocenters. The van der Waals surface area contributed by atoms with Gasteiger partial charge >= 0.3 is 0 Å². The summed E-state index contributed by atoms with van der Waals surface area (Å²) in [5.41, 5.74) is 1.08. The van der Waals surface area contributed by atoms with Crippen molar-refractivity contribution in [1.82, 2.24) is 14.8 Å². The average molecular weight is 472 g/mol. The molecule has 1 N–H and O–H groups in total. The Kier molecular flexibility index (Phi) is 5.89. The molecule has 0 aliphatic carbocycles. The second kappa shape index (κ2) is 8.61. The van der Waals surface area contributed by atoms with Crippen molar-refractivity contribution < 1.29 is 17.9 Å². The van der Waals surface area contributed by atoms with E-state index in [1.54, 1.807) is 0 Å². The molecule has 3 aromatic rings. The number of nitrogens with zero attached hydrogens (tertiary/aromatic N) is 2. The van der Waals surface area contributed by atoms with Crippen molar-refractivity contribution >= 4 is 10.9 Å². The first kappa shape index (κ1) is 23.2. The number of aromatic nitrogens is 1. The third-order valence-electron chi connectivity index (χ3n) is 7.08. The molecule has 182 valence electrons. The van der Waals surface area contributed by atoms with Crippen molar-refractivity contribution in [3.05, 3.63) is 64.9 Å². The number of alkyl halides is 1. The number of rotatable bonds is 6. The van der Waals surface area contributed by atoms with E-state index in [9.17, 15) is 4.39 Å². The number of para-hydroxylation sites is 1. The zero-order valence-electron chi connectivity index (χ0n) is 20.2. The number of aromatic amines is 1. The Bertz CT molecular complexity index is 1170. The SMILES string of the molecule is CCN1CC(Oc2cc(F)c([C@@H]3c4[nH]c5ccccc5c4C[C@@H](C)N3CC(C)(C)F)c(F)c2)C1. The van der Waals surface area contributed by atoms with E-state index in [-0.39, 0.29) is 30.0 Å². The number of nitrogens with one attached hydrogen (secondary N) is 1. The maximum Gasteiger partial charge on any atom is 0.135 e. The minimum atomic E-state index is -1.53. The minimum absolute atomic E-state index is 0.0553. The number of H-pyrrole nitrogens is 1. The fraction of sp³-hybridized carbons (Fsp3) is 0.481. The first-order valence-corrected chi connectivity index (χ1v) is 12.1. The Hall–Kier alpha value is -2.51. The van der Waals surface area contributed by atoms with Crippen molar-refractivity contribution in [1.29, 1.82) is 0 Å². The summed E-state index contributed by atoms with van der Waals surface area (Å²) < 4.78 is 52.0. The molecule has 1 aromatic heterocycles. The van der Waals surface area contributed by atoms with Gasteiger partial charge in [-0.15, -0.1) is 0 Å². The van der Waals surface area contributed by atoms with Gasteiger partial charge in [-0.1, -0.05) is 25.1 Å². The van der Waals surface area contributed by atoms with Crippen LogP contribution in [0.2, 0.25) is 0 Å². The van der Waals surface area contributed by atoms with Crippen LogP contribution in [-0.2, 0) is 6.42 Å². The summed E-state index contributed by atoms with van der Waals surface area (Å²) in [4.78, 5) is 7.47. The van der Waals surface area contributed by atoms with Crippen LogP contribution in [0.3, 0.4) is 0 Å². The highest BCUT2D eigenvalue weighted by atomic mass is 19.1. The molecule has 5 rings (SSSR count). The van der Waals surface area contributed by atoms with Gasteiger partial charge < -0.3 is 9.72 Å². The van der Waals surface area contributed by atoms with Crippen molar-refractivity contribution in [2.45, 2.75) is 58.0 Å². The van der Waals surface area contributed by atoms with Crippen LogP contribution in [0.1, 0.15) is 50.6 Å². The maximum atomic E-state index is 15.6. The Morgan fingerprint density at radius 2 is 1.79 bits per heavy atom. The van der Waals surface area contributed by atoms with Gasteiger partial charge in [0.05, 0.1) is 6.04 Å². The topological polar surface area (TPSA) is 31.5 Å².